The van der Waals surface area contributed by atoms with E-state index in [1.54, 1.807) is 0 Å². The summed E-state index contributed by atoms with van der Waals surface area (Å²) in [5, 5.41) is 28.6. The fourth-order valence-electron chi connectivity index (χ4n) is 3.36. The second-order valence-corrected chi connectivity index (χ2v) is 7.30. The molecule has 0 radical (unpaired) electrons. The van der Waals surface area contributed by atoms with Gasteiger partial charge in [-0.3, -0.25) is 0 Å². The van der Waals surface area contributed by atoms with Gasteiger partial charge in [0.25, 0.3) is 0 Å². The van der Waals surface area contributed by atoms with E-state index in [1.807, 2.05) is 0 Å². The third-order valence-corrected chi connectivity index (χ3v) is 4.96. The molecule has 0 aromatic carbocycles. The van der Waals surface area contributed by atoms with Crippen molar-refractivity contribution in [2.45, 2.75) is 102 Å². The van der Waals surface area contributed by atoms with Crippen LogP contribution < -0.4 is 0 Å². The van der Waals surface area contributed by atoms with Crippen LogP contribution in [0.25, 0.3) is 0 Å². The van der Waals surface area contributed by atoms with Crippen molar-refractivity contribution in [3.8, 4) is 0 Å². The van der Waals surface area contributed by atoms with Crippen LogP contribution in [-0.2, 0) is 9.47 Å². The molecule has 154 valence electrons. The van der Waals surface area contributed by atoms with E-state index in [2.05, 4.69) is 19.1 Å². The standard InChI is InChI=1S/C21H40O5/c1-2-3-4-5-6-7-8-9-10-11-12-13-14-15-25-21-19(24)17-26-20(21)18(23)16-22/h3-4,18-24H,2,5-17H2,1H3/b4-3+/t18-,19+,20-,21-/m0/s1. The average Bonchev–Trinajstić information content (AvgIpc) is 3.02. The summed E-state index contributed by atoms with van der Waals surface area (Å²) in [6.07, 6.45) is 15.2. The quantitative estimate of drug-likeness (QED) is 0.286. The van der Waals surface area contributed by atoms with Gasteiger partial charge in [-0.25, -0.2) is 0 Å². The molecule has 0 aromatic heterocycles. The number of hydrogen-bond acceptors (Lipinski definition) is 5. The topological polar surface area (TPSA) is 79.2 Å². The van der Waals surface area contributed by atoms with E-state index < -0.39 is 24.4 Å². The number of aliphatic hydroxyl groups is 3. The Morgan fingerprint density at radius 3 is 2.23 bits per heavy atom. The Morgan fingerprint density at radius 2 is 1.62 bits per heavy atom. The molecule has 4 atom stereocenters. The highest BCUT2D eigenvalue weighted by atomic mass is 16.6. The van der Waals surface area contributed by atoms with Gasteiger partial charge >= 0.3 is 0 Å². The maximum Gasteiger partial charge on any atom is 0.114 e. The molecule has 1 fully saturated rings. The molecule has 1 aliphatic heterocycles. The minimum Gasteiger partial charge on any atom is -0.394 e. The predicted octanol–water partition coefficient (Wildman–Crippen LogP) is 3.35. The van der Waals surface area contributed by atoms with Crippen molar-refractivity contribution in [2.75, 3.05) is 19.8 Å². The molecule has 5 heteroatoms. The van der Waals surface area contributed by atoms with Crippen LogP contribution in [0.4, 0.5) is 0 Å². The second-order valence-electron chi connectivity index (χ2n) is 7.30. The number of aliphatic hydroxyl groups excluding tert-OH is 3. The van der Waals surface area contributed by atoms with Gasteiger partial charge in [-0.05, 0) is 25.7 Å². The summed E-state index contributed by atoms with van der Waals surface area (Å²) in [5.74, 6) is 0. The predicted molar refractivity (Wildman–Crippen MR) is 104 cm³/mol. The molecule has 0 aliphatic carbocycles. The van der Waals surface area contributed by atoms with Crippen LogP contribution in [0.1, 0.15) is 77.6 Å². The Morgan fingerprint density at radius 1 is 1.00 bits per heavy atom. The van der Waals surface area contributed by atoms with Crippen LogP contribution >= 0.6 is 0 Å². The van der Waals surface area contributed by atoms with E-state index in [9.17, 15) is 10.2 Å². The van der Waals surface area contributed by atoms with E-state index in [-0.39, 0.29) is 13.2 Å². The Balaban J connectivity index is 1.91. The molecule has 1 rings (SSSR count). The van der Waals surface area contributed by atoms with Gasteiger partial charge in [0.1, 0.15) is 24.4 Å². The van der Waals surface area contributed by atoms with Gasteiger partial charge in [-0.2, -0.15) is 0 Å². The molecule has 0 amide bonds. The maximum absolute atomic E-state index is 9.86. The first-order chi connectivity index (χ1) is 12.7. The van der Waals surface area contributed by atoms with Crippen molar-refractivity contribution < 1.29 is 24.8 Å². The van der Waals surface area contributed by atoms with Crippen molar-refractivity contribution >= 4 is 0 Å². The van der Waals surface area contributed by atoms with Crippen LogP contribution in [0.5, 0.6) is 0 Å². The molecule has 3 N–H and O–H groups in total. The first-order valence-electron chi connectivity index (χ1n) is 10.6. The zero-order valence-corrected chi connectivity index (χ0v) is 16.5. The molecule has 0 bridgehead atoms. The van der Waals surface area contributed by atoms with Gasteiger partial charge in [0.05, 0.1) is 13.2 Å². The van der Waals surface area contributed by atoms with Gasteiger partial charge in [-0.1, -0.05) is 64.0 Å². The average molecular weight is 373 g/mol. The van der Waals surface area contributed by atoms with Crippen molar-refractivity contribution in [2.24, 2.45) is 0 Å². The van der Waals surface area contributed by atoms with Crippen molar-refractivity contribution in [3.63, 3.8) is 0 Å². The number of hydrogen-bond donors (Lipinski definition) is 3. The summed E-state index contributed by atoms with van der Waals surface area (Å²) in [4.78, 5) is 0. The van der Waals surface area contributed by atoms with Gasteiger partial charge in [-0.15, -0.1) is 0 Å². The summed E-state index contributed by atoms with van der Waals surface area (Å²) in [7, 11) is 0. The zero-order chi connectivity index (χ0) is 19.0. The number of allylic oxidation sites excluding steroid dienone is 2. The molecule has 5 nitrogen and oxygen atoms in total. The van der Waals surface area contributed by atoms with Crippen LogP contribution in [-0.4, -0.2) is 59.6 Å². The number of rotatable bonds is 16. The van der Waals surface area contributed by atoms with Crippen molar-refractivity contribution in [1.82, 2.24) is 0 Å². The van der Waals surface area contributed by atoms with Crippen molar-refractivity contribution in [1.29, 1.82) is 0 Å². The lowest BCUT2D eigenvalue weighted by molar-refractivity contribution is -0.0938. The molecule has 0 saturated carbocycles. The second kappa shape index (κ2) is 15.6. The summed E-state index contributed by atoms with van der Waals surface area (Å²) >= 11 is 0. The highest BCUT2D eigenvalue weighted by Gasteiger charge is 2.40. The van der Waals surface area contributed by atoms with E-state index in [0.717, 1.165) is 19.3 Å². The van der Waals surface area contributed by atoms with Gasteiger partial charge in [0.2, 0.25) is 0 Å². The SMILES string of the molecule is CC/C=C/CCCCCCCCCCCO[C@@H]1[C@H]([C@@H](O)CO)OC[C@H]1O. The van der Waals surface area contributed by atoms with E-state index >= 15 is 0 Å². The van der Waals surface area contributed by atoms with Crippen LogP contribution in [0.3, 0.4) is 0 Å². The maximum atomic E-state index is 9.86. The lowest BCUT2D eigenvalue weighted by Gasteiger charge is -2.23. The third kappa shape index (κ3) is 10.0. The molecular weight excluding hydrogens is 332 g/mol. The van der Waals surface area contributed by atoms with Crippen LogP contribution in [0.15, 0.2) is 12.2 Å². The molecule has 0 spiro atoms. The highest BCUT2D eigenvalue weighted by molar-refractivity contribution is 4.89. The zero-order valence-electron chi connectivity index (χ0n) is 16.5. The van der Waals surface area contributed by atoms with Gasteiger partial charge in [0, 0.05) is 6.61 Å². The van der Waals surface area contributed by atoms with Gasteiger partial charge < -0.3 is 24.8 Å². The summed E-state index contributed by atoms with van der Waals surface area (Å²) in [6, 6.07) is 0. The molecule has 1 saturated heterocycles. The molecule has 0 aromatic rings. The highest BCUT2D eigenvalue weighted by Crippen LogP contribution is 2.21. The fraction of sp³-hybridized carbons (Fsp3) is 0.905. The molecule has 0 unspecified atom stereocenters. The number of ether oxygens (including phenoxy) is 2. The smallest absolute Gasteiger partial charge is 0.114 e. The molecule has 1 heterocycles. The Kier molecular flexibility index (Phi) is 14.1. The Bertz CT molecular complexity index is 347. The van der Waals surface area contributed by atoms with Crippen LogP contribution in [0, 0.1) is 0 Å². The minimum absolute atomic E-state index is 0.154. The van der Waals surface area contributed by atoms with Crippen LogP contribution in [0.2, 0.25) is 0 Å². The summed E-state index contributed by atoms with van der Waals surface area (Å²) in [5.41, 5.74) is 0. The van der Waals surface area contributed by atoms with E-state index in [0.29, 0.717) is 6.61 Å². The molecule has 26 heavy (non-hydrogen) atoms. The first-order valence-corrected chi connectivity index (χ1v) is 10.6. The normalized spacial score (nSPS) is 24.5. The largest absolute Gasteiger partial charge is 0.394 e. The Hall–Kier alpha value is -0.460. The minimum atomic E-state index is -1.00. The Labute approximate surface area is 159 Å². The van der Waals surface area contributed by atoms with E-state index in [4.69, 9.17) is 14.6 Å². The first kappa shape index (κ1) is 23.6. The lowest BCUT2D eigenvalue weighted by Crippen LogP contribution is -2.42. The van der Waals surface area contributed by atoms with Gasteiger partial charge in [0.15, 0.2) is 0 Å². The summed E-state index contributed by atoms with van der Waals surface area (Å²) < 4.78 is 11.0. The van der Waals surface area contributed by atoms with Crippen molar-refractivity contribution in [3.05, 3.63) is 12.2 Å². The molecule has 1 aliphatic rings. The monoisotopic (exact) mass is 372 g/mol. The molecular formula is C21H40O5. The number of unbranched alkanes of at least 4 members (excludes halogenated alkanes) is 9. The fourth-order valence-corrected chi connectivity index (χ4v) is 3.36. The lowest BCUT2D eigenvalue weighted by atomic mass is 10.1. The third-order valence-electron chi connectivity index (χ3n) is 4.96. The summed E-state index contributed by atoms with van der Waals surface area (Å²) in [6.45, 7) is 2.51. The van der Waals surface area contributed by atoms with E-state index in [1.165, 1.54) is 51.4 Å².